The van der Waals surface area contributed by atoms with Crippen molar-refractivity contribution in [2.24, 2.45) is 0 Å². The Bertz CT molecular complexity index is 916. The van der Waals surface area contributed by atoms with E-state index >= 15 is 0 Å². The summed E-state index contributed by atoms with van der Waals surface area (Å²) < 4.78 is 13.9. The zero-order chi connectivity index (χ0) is 19.9. The van der Waals surface area contributed by atoms with Crippen LogP contribution >= 0.6 is 11.8 Å². The van der Waals surface area contributed by atoms with E-state index < -0.39 is 0 Å². The van der Waals surface area contributed by atoms with Gasteiger partial charge in [0.05, 0.1) is 10.8 Å². The van der Waals surface area contributed by atoms with Gasteiger partial charge in [-0.15, -0.1) is 5.10 Å². The maximum atomic E-state index is 13.9. The van der Waals surface area contributed by atoms with Crippen molar-refractivity contribution in [3.8, 4) is 11.4 Å². The molecule has 146 valence electrons. The number of nitrogens with zero attached hydrogens (tertiary/aromatic N) is 2. The fourth-order valence-electron chi connectivity index (χ4n) is 2.88. The predicted octanol–water partition coefficient (Wildman–Crippen LogP) is 4.40. The number of benzene rings is 2. The second kappa shape index (κ2) is 9.50. The molecule has 0 radical (unpaired) electrons. The first-order valence-electron chi connectivity index (χ1n) is 9.25. The maximum Gasteiger partial charge on any atom is 0.233 e. The van der Waals surface area contributed by atoms with Gasteiger partial charge in [0.1, 0.15) is 5.82 Å². The molecular weight excluding hydrogens is 375 g/mol. The second-order valence-corrected chi connectivity index (χ2v) is 7.78. The van der Waals surface area contributed by atoms with E-state index in [9.17, 15) is 9.18 Å². The van der Waals surface area contributed by atoms with E-state index in [2.05, 4.69) is 39.6 Å². The van der Waals surface area contributed by atoms with Crippen LogP contribution in [-0.2, 0) is 4.79 Å². The van der Waals surface area contributed by atoms with Gasteiger partial charge in [-0.2, -0.15) is 0 Å². The van der Waals surface area contributed by atoms with Gasteiger partial charge in [0.15, 0.2) is 5.82 Å². The normalized spacial score (nSPS) is 13.1. The number of hydrogen-bond donors (Lipinski definition) is 2. The van der Waals surface area contributed by atoms with E-state index in [1.54, 1.807) is 18.2 Å². The van der Waals surface area contributed by atoms with Crippen molar-refractivity contribution in [2.45, 2.75) is 36.6 Å². The van der Waals surface area contributed by atoms with Gasteiger partial charge in [-0.25, -0.2) is 9.37 Å². The zero-order valence-corrected chi connectivity index (χ0v) is 16.7. The molecule has 0 saturated heterocycles. The molecule has 0 saturated carbocycles. The molecular formula is C21H23FN4OS. The third-order valence-corrected chi connectivity index (χ3v) is 5.49. The SMILES string of the molecule is CC[C@H](CNC(=O)[C@H](C)Sc1n[nH]c(-c2ccccc2F)n1)c1ccccc1. The van der Waals surface area contributed by atoms with Crippen molar-refractivity contribution in [2.75, 3.05) is 6.54 Å². The highest BCUT2D eigenvalue weighted by Gasteiger charge is 2.19. The van der Waals surface area contributed by atoms with Crippen LogP contribution < -0.4 is 5.32 Å². The fourth-order valence-corrected chi connectivity index (χ4v) is 3.62. The van der Waals surface area contributed by atoms with Gasteiger partial charge in [-0.05, 0) is 31.0 Å². The lowest BCUT2D eigenvalue weighted by atomic mass is 9.96. The van der Waals surface area contributed by atoms with Crippen LogP contribution in [0.5, 0.6) is 0 Å². The van der Waals surface area contributed by atoms with Crippen LogP contribution in [0.3, 0.4) is 0 Å². The van der Waals surface area contributed by atoms with E-state index in [0.29, 0.717) is 23.1 Å². The highest BCUT2D eigenvalue weighted by Crippen LogP contribution is 2.24. The number of carbonyl (C=O) groups is 1. The summed E-state index contributed by atoms with van der Waals surface area (Å²) in [6.07, 6.45) is 0.943. The number of hydrogen-bond acceptors (Lipinski definition) is 4. The van der Waals surface area contributed by atoms with Crippen LogP contribution in [0.4, 0.5) is 4.39 Å². The molecule has 1 heterocycles. The molecule has 1 amide bonds. The number of aromatic nitrogens is 3. The summed E-state index contributed by atoms with van der Waals surface area (Å²) >= 11 is 1.24. The average Bonchev–Trinajstić information content (AvgIpc) is 3.17. The minimum absolute atomic E-state index is 0.0726. The quantitative estimate of drug-likeness (QED) is 0.552. The van der Waals surface area contributed by atoms with Crippen molar-refractivity contribution in [3.05, 3.63) is 66.0 Å². The lowest BCUT2D eigenvalue weighted by Crippen LogP contribution is -2.34. The van der Waals surface area contributed by atoms with Gasteiger partial charge in [-0.1, -0.05) is 61.2 Å². The lowest BCUT2D eigenvalue weighted by molar-refractivity contribution is -0.120. The van der Waals surface area contributed by atoms with Gasteiger partial charge >= 0.3 is 0 Å². The Morgan fingerprint density at radius 1 is 1.18 bits per heavy atom. The molecule has 0 spiro atoms. The molecule has 0 aliphatic heterocycles. The third-order valence-electron chi connectivity index (χ3n) is 4.53. The predicted molar refractivity (Wildman–Crippen MR) is 110 cm³/mol. The van der Waals surface area contributed by atoms with E-state index in [0.717, 1.165) is 6.42 Å². The Kier molecular flexibility index (Phi) is 6.81. The molecule has 3 aromatic rings. The Morgan fingerprint density at radius 3 is 2.61 bits per heavy atom. The van der Waals surface area contributed by atoms with Crippen LogP contribution in [0.15, 0.2) is 59.8 Å². The van der Waals surface area contributed by atoms with Crippen LogP contribution in [0, 0.1) is 5.82 Å². The minimum atomic E-state index is -0.368. The van der Waals surface area contributed by atoms with Crippen molar-refractivity contribution in [3.63, 3.8) is 0 Å². The molecule has 0 unspecified atom stereocenters. The Hall–Kier alpha value is -2.67. The molecule has 2 aromatic carbocycles. The minimum Gasteiger partial charge on any atom is -0.355 e. The molecule has 0 fully saturated rings. The number of H-pyrrole nitrogens is 1. The highest BCUT2D eigenvalue weighted by atomic mass is 32.2. The first kappa shape index (κ1) is 20.1. The molecule has 0 bridgehead atoms. The second-order valence-electron chi connectivity index (χ2n) is 6.47. The molecule has 2 N–H and O–H groups in total. The zero-order valence-electron chi connectivity index (χ0n) is 15.9. The van der Waals surface area contributed by atoms with Crippen molar-refractivity contribution < 1.29 is 9.18 Å². The standard InChI is InChI=1S/C21H23FN4OS/c1-3-15(16-9-5-4-6-10-16)13-23-20(27)14(2)28-21-24-19(25-26-21)17-11-7-8-12-18(17)22/h4-12,14-15H,3,13H2,1-2H3,(H,23,27)(H,24,25,26)/t14-,15+/m0/s1. The van der Waals surface area contributed by atoms with E-state index in [4.69, 9.17) is 0 Å². The first-order valence-corrected chi connectivity index (χ1v) is 10.1. The molecule has 3 rings (SSSR count). The summed E-state index contributed by atoms with van der Waals surface area (Å²) in [7, 11) is 0. The monoisotopic (exact) mass is 398 g/mol. The molecule has 0 aliphatic carbocycles. The summed E-state index contributed by atoms with van der Waals surface area (Å²) in [6.45, 7) is 4.50. The Balaban J connectivity index is 1.57. The largest absolute Gasteiger partial charge is 0.355 e. The third kappa shape index (κ3) is 4.98. The fraction of sp³-hybridized carbons (Fsp3) is 0.286. The number of thioether (sulfide) groups is 1. The summed E-state index contributed by atoms with van der Waals surface area (Å²) in [4.78, 5) is 16.8. The maximum absolute atomic E-state index is 13.9. The molecule has 28 heavy (non-hydrogen) atoms. The first-order chi connectivity index (χ1) is 13.6. The topological polar surface area (TPSA) is 70.7 Å². The van der Waals surface area contributed by atoms with Crippen molar-refractivity contribution in [1.29, 1.82) is 0 Å². The van der Waals surface area contributed by atoms with Crippen LogP contribution in [0.2, 0.25) is 0 Å². The van der Waals surface area contributed by atoms with Crippen molar-refractivity contribution >= 4 is 17.7 Å². The van der Waals surface area contributed by atoms with Gasteiger partial charge in [0.2, 0.25) is 11.1 Å². The summed E-state index contributed by atoms with van der Waals surface area (Å²) in [5.74, 6) is 0.186. The number of nitrogens with one attached hydrogen (secondary N) is 2. The van der Waals surface area contributed by atoms with E-state index in [1.807, 2.05) is 25.1 Å². The molecule has 0 aliphatic rings. The summed E-state index contributed by atoms with van der Waals surface area (Å²) in [5.41, 5.74) is 1.57. The molecule has 1 aromatic heterocycles. The summed E-state index contributed by atoms with van der Waals surface area (Å²) in [6, 6.07) is 16.5. The lowest BCUT2D eigenvalue weighted by Gasteiger charge is -2.17. The van der Waals surface area contributed by atoms with E-state index in [1.165, 1.54) is 23.4 Å². The van der Waals surface area contributed by atoms with E-state index in [-0.39, 0.29) is 22.9 Å². The highest BCUT2D eigenvalue weighted by molar-refractivity contribution is 8.00. The van der Waals surface area contributed by atoms with Crippen LogP contribution in [-0.4, -0.2) is 32.9 Å². The molecule has 7 heteroatoms. The van der Waals surface area contributed by atoms with Gasteiger partial charge in [0.25, 0.3) is 0 Å². The number of halogens is 1. The number of rotatable bonds is 8. The average molecular weight is 399 g/mol. The number of amides is 1. The van der Waals surface area contributed by atoms with Crippen LogP contribution in [0.1, 0.15) is 31.7 Å². The van der Waals surface area contributed by atoms with Gasteiger partial charge in [0, 0.05) is 12.5 Å². The molecule has 2 atom stereocenters. The van der Waals surface area contributed by atoms with Gasteiger partial charge < -0.3 is 5.32 Å². The number of aromatic amines is 1. The summed E-state index contributed by atoms with van der Waals surface area (Å²) in [5, 5.41) is 9.89. The smallest absolute Gasteiger partial charge is 0.233 e. The molecule has 5 nitrogen and oxygen atoms in total. The van der Waals surface area contributed by atoms with Crippen molar-refractivity contribution in [1.82, 2.24) is 20.5 Å². The number of carbonyl (C=O) groups excluding carboxylic acids is 1. The van der Waals surface area contributed by atoms with Crippen LogP contribution in [0.25, 0.3) is 11.4 Å². The Morgan fingerprint density at radius 2 is 1.89 bits per heavy atom. The van der Waals surface area contributed by atoms with Gasteiger partial charge in [-0.3, -0.25) is 9.89 Å². The Labute approximate surface area is 168 Å².